The average Bonchev–Trinajstić information content (AvgIpc) is 1.57. The van der Waals surface area contributed by atoms with Crippen molar-refractivity contribution in [3.05, 3.63) is 0 Å². The Morgan fingerprint density at radius 2 is 2.00 bits per heavy atom. The molecule has 1 rings (SSSR count). The topological polar surface area (TPSA) is 54.5 Å². The summed E-state index contributed by atoms with van der Waals surface area (Å²) in [6.07, 6.45) is 1.86. The zero-order chi connectivity index (χ0) is 7.78. The summed E-state index contributed by atoms with van der Waals surface area (Å²) in [4.78, 5) is 11.4. The fraction of sp³-hybridized carbons (Fsp3) is 0.800. The molecule has 5 heteroatoms. The number of hydrogen-bond donors (Lipinski definition) is 0. The Morgan fingerprint density at radius 3 is 2.30 bits per heavy atom. The van der Waals surface area contributed by atoms with Crippen LogP contribution < -0.4 is 0 Å². The second-order valence-electron chi connectivity index (χ2n) is 2.51. The number of nitrogens with zero attached hydrogens (tertiary/aromatic N) is 1. The Balaban J connectivity index is 2.48. The van der Waals surface area contributed by atoms with Gasteiger partial charge in [0.1, 0.15) is 0 Å². The van der Waals surface area contributed by atoms with Crippen LogP contribution in [0, 0.1) is 0 Å². The van der Waals surface area contributed by atoms with Crippen LogP contribution in [0.25, 0.3) is 0 Å². The second kappa shape index (κ2) is 2.23. The third kappa shape index (κ3) is 1.29. The van der Waals surface area contributed by atoms with Gasteiger partial charge in [-0.25, -0.2) is 8.42 Å². The molecule has 0 bridgehead atoms. The summed E-state index contributed by atoms with van der Waals surface area (Å²) >= 11 is 0. The summed E-state index contributed by atoms with van der Waals surface area (Å²) in [5, 5.41) is -0.322. The number of amides is 1. The van der Waals surface area contributed by atoms with Crippen molar-refractivity contribution in [2.45, 2.75) is 5.25 Å². The quantitative estimate of drug-likeness (QED) is 0.484. The smallest absolute Gasteiger partial charge is 0.209 e. The molecule has 1 aliphatic heterocycles. The minimum Gasteiger partial charge on any atom is -0.343 e. The Hall–Kier alpha value is -0.580. The molecule has 10 heavy (non-hydrogen) atoms. The summed E-state index contributed by atoms with van der Waals surface area (Å²) in [5.41, 5.74) is 0. The first-order chi connectivity index (χ1) is 4.54. The molecular weight excluding hydrogens is 154 g/mol. The first kappa shape index (κ1) is 7.53. The van der Waals surface area contributed by atoms with Gasteiger partial charge in [-0.3, -0.25) is 4.79 Å². The van der Waals surface area contributed by atoms with Crippen molar-refractivity contribution in [2.75, 3.05) is 19.3 Å². The molecule has 0 unspecified atom stereocenters. The standard InChI is InChI=1S/C5H9NO3S/c1-10(8,9)5-2-6(3-5)4-7/h4-5H,2-3H2,1H3. The number of sulfone groups is 1. The van der Waals surface area contributed by atoms with E-state index in [-0.39, 0.29) is 5.25 Å². The van der Waals surface area contributed by atoms with E-state index in [0.717, 1.165) is 0 Å². The zero-order valence-electron chi connectivity index (χ0n) is 5.65. The maximum Gasteiger partial charge on any atom is 0.209 e. The lowest BCUT2D eigenvalue weighted by Gasteiger charge is -2.34. The predicted molar refractivity (Wildman–Crippen MR) is 36.3 cm³/mol. The van der Waals surface area contributed by atoms with Gasteiger partial charge in [-0.15, -0.1) is 0 Å². The highest BCUT2D eigenvalue weighted by Crippen LogP contribution is 2.12. The van der Waals surface area contributed by atoms with Gasteiger partial charge >= 0.3 is 0 Å². The fourth-order valence-corrected chi connectivity index (χ4v) is 1.75. The SMILES string of the molecule is CS(=O)(=O)C1CN(C=O)C1. The molecule has 58 valence electrons. The van der Waals surface area contributed by atoms with Crippen LogP contribution in [-0.4, -0.2) is 44.3 Å². The van der Waals surface area contributed by atoms with Gasteiger partial charge < -0.3 is 4.90 Å². The molecular formula is C5H9NO3S. The van der Waals surface area contributed by atoms with Gasteiger partial charge in [0.15, 0.2) is 9.84 Å². The Morgan fingerprint density at radius 1 is 1.50 bits per heavy atom. The highest BCUT2D eigenvalue weighted by atomic mass is 32.2. The van der Waals surface area contributed by atoms with Gasteiger partial charge in [-0.2, -0.15) is 0 Å². The molecule has 0 atom stereocenters. The lowest BCUT2D eigenvalue weighted by molar-refractivity contribution is -0.120. The average molecular weight is 163 g/mol. The van der Waals surface area contributed by atoms with Crippen molar-refractivity contribution < 1.29 is 13.2 Å². The molecule has 1 heterocycles. The molecule has 1 amide bonds. The number of carbonyl (C=O) groups excluding carboxylic acids is 1. The predicted octanol–water partition coefficient (Wildman–Crippen LogP) is -1.13. The van der Waals surface area contributed by atoms with Crippen LogP contribution in [0.15, 0.2) is 0 Å². The third-order valence-electron chi connectivity index (χ3n) is 1.63. The largest absolute Gasteiger partial charge is 0.343 e. The van der Waals surface area contributed by atoms with Gasteiger partial charge in [0.25, 0.3) is 0 Å². The van der Waals surface area contributed by atoms with E-state index in [1.54, 1.807) is 0 Å². The van der Waals surface area contributed by atoms with E-state index in [1.165, 1.54) is 11.2 Å². The first-order valence-corrected chi connectivity index (χ1v) is 4.87. The molecule has 4 nitrogen and oxygen atoms in total. The zero-order valence-corrected chi connectivity index (χ0v) is 6.47. The van der Waals surface area contributed by atoms with Gasteiger partial charge in [-0.1, -0.05) is 0 Å². The van der Waals surface area contributed by atoms with E-state index in [9.17, 15) is 13.2 Å². The summed E-state index contributed by atoms with van der Waals surface area (Å²) in [7, 11) is -2.91. The van der Waals surface area contributed by atoms with Crippen molar-refractivity contribution in [3.8, 4) is 0 Å². The molecule has 1 saturated heterocycles. The van der Waals surface area contributed by atoms with Crippen LogP contribution in [0.3, 0.4) is 0 Å². The Labute approximate surface area is 59.7 Å². The fourth-order valence-electron chi connectivity index (χ4n) is 0.826. The summed E-state index contributed by atoms with van der Waals surface area (Å²) in [6, 6.07) is 0. The number of carbonyl (C=O) groups is 1. The van der Waals surface area contributed by atoms with E-state index in [2.05, 4.69) is 0 Å². The summed E-state index contributed by atoms with van der Waals surface area (Å²) in [5.74, 6) is 0. The minimum absolute atomic E-state index is 0.322. The van der Waals surface area contributed by atoms with Crippen LogP contribution >= 0.6 is 0 Å². The van der Waals surface area contributed by atoms with Crippen LogP contribution in [0.5, 0.6) is 0 Å². The molecule has 0 N–H and O–H groups in total. The van der Waals surface area contributed by atoms with Gasteiger partial charge in [-0.05, 0) is 0 Å². The lowest BCUT2D eigenvalue weighted by atomic mass is 10.2. The van der Waals surface area contributed by atoms with Crippen molar-refractivity contribution in [1.82, 2.24) is 4.90 Å². The lowest BCUT2D eigenvalue weighted by Crippen LogP contribution is -2.53. The molecule has 1 aliphatic rings. The minimum atomic E-state index is -2.91. The maximum absolute atomic E-state index is 10.7. The van der Waals surface area contributed by atoms with Crippen molar-refractivity contribution in [1.29, 1.82) is 0 Å². The first-order valence-electron chi connectivity index (χ1n) is 2.92. The van der Waals surface area contributed by atoms with Crippen molar-refractivity contribution in [3.63, 3.8) is 0 Å². The molecule has 0 aromatic heterocycles. The van der Waals surface area contributed by atoms with Gasteiger partial charge in [0, 0.05) is 19.3 Å². The molecule has 1 fully saturated rings. The summed E-state index contributed by atoms with van der Waals surface area (Å²) in [6.45, 7) is 0.727. The highest BCUT2D eigenvalue weighted by Gasteiger charge is 2.33. The van der Waals surface area contributed by atoms with Crippen molar-refractivity contribution in [2.24, 2.45) is 0 Å². The van der Waals surface area contributed by atoms with E-state index < -0.39 is 9.84 Å². The normalized spacial score (nSPS) is 20.3. The second-order valence-corrected chi connectivity index (χ2v) is 4.84. The Kier molecular flexibility index (Phi) is 1.68. The van der Waals surface area contributed by atoms with Crippen LogP contribution in [0.4, 0.5) is 0 Å². The van der Waals surface area contributed by atoms with E-state index >= 15 is 0 Å². The molecule has 0 aromatic carbocycles. The van der Waals surface area contributed by atoms with Crippen molar-refractivity contribution >= 4 is 16.2 Å². The molecule has 0 spiro atoms. The summed E-state index contributed by atoms with van der Waals surface area (Å²) < 4.78 is 21.5. The maximum atomic E-state index is 10.7. The molecule has 0 saturated carbocycles. The molecule has 0 aromatic rings. The molecule has 0 aliphatic carbocycles. The van der Waals surface area contributed by atoms with Crippen LogP contribution in [0.1, 0.15) is 0 Å². The number of likely N-dealkylation sites (tertiary alicyclic amines) is 1. The monoisotopic (exact) mass is 163 g/mol. The van der Waals surface area contributed by atoms with Crippen LogP contribution in [-0.2, 0) is 14.6 Å². The number of hydrogen-bond acceptors (Lipinski definition) is 3. The van der Waals surface area contributed by atoms with Gasteiger partial charge in [0.2, 0.25) is 6.41 Å². The van der Waals surface area contributed by atoms with Gasteiger partial charge in [0.05, 0.1) is 5.25 Å². The highest BCUT2D eigenvalue weighted by molar-refractivity contribution is 7.91. The number of rotatable bonds is 2. The van der Waals surface area contributed by atoms with Crippen LogP contribution in [0.2, 0.25) is 0 Å². The van der Waals surface area contributed by atoms with E-state index in [1.807, 2.05) is 0 Å². The van der Waals surface area contributed by atoms with E-state index in [0.29, 0.717) is 19.5 Å². The van der Waals surface area contributed by atoms with E-state index in [4.69, 9.17) is 0 Å². The molecule has 0 radical (unpaired) electrons. The Bertz CT molecular complexity index is 227. The third-order valence-corrected chi connectivity index (χ3v) is 3.14.